The van der Waals surface area contributed by atoms with Crippen molar-refractivity contribution in [2.45, 2.75) is 19.8 Å². The second kappa shape index (κ2) is 8.81. The van der Waals surface area contributed by atoms with Crippen LogP contribution < -0.4 is 10.6 Å². The third kappa shape index (κ3) is 5.54. The van der Waals surface area contributed by atoms with Crippen LogP contribution in [0.15, 0.2) is 78.9 Å². The van der Waals surface area contributed by atoms with Gasteiger partial charge in [0.1, 0.15) is 0 Å². The van der Waals surface area contributed by atoms with E-state index in [4.69, 9.17) is 0 Å². The molecule has 0 aliphatic heterocycles. The third-order valence-electron chi connectivity index (χ3n) is 4.20. The maximum absolute atomic E-state index is 12.3. The van der Waals surface area contributed by atoms with Crippen molar-refractivity contribution in [3.05, 3.63) is 95.6 Å². The van der Waals surface area contributed by atoms with Gasteiger partial charge < -0.3 is 10.6 Å². The smallest absolute Gasteiger partial charge is 0.255 e. The Morgan fingerprint density at radius 1 is 0.778 bits per heavy atom. The van der Waals surface area contributed by atoms with E-state index in [1.54, 1.807) is 30.3 Å². The molecule has 0 saturated carbocycles. The molecule has 2 amide bonds. The molecule has 0 saturated heterocycles. The van der Waals surface area contributed by atoms with Crippen LogP contribution in [-0.4, -0.2) is 11.8 Å². The standard InChI is InChI=1S/C23H22N2O2/c1-17-10-13-19(14-11-17)23(27)25-21-9-5-8-20(16-21)24-22(26)15-12-18-6-3-2-4-7-18/h2-11,13-14,16H,12,15H2,1H3,(H,24,26)(H,25,27). The lowest BCUT2D eigenvalue weighted by Gasteiger charge is -2.09. The molecule has 0 fully saturated rings. The van der Waals surface area contributed by atoms with Crippen molar-refractivity contribution in [1.82, 2.24) is 0 Å². The monoisotopic (exact) mass is 358 g/mol. The van der Waals surface area contributed by atoms with Crippen molar-refractivity contribution in [3.8, 4) is 0 Å². The number of hydrogen-bond donors (Lipinski definition) is 2. The van der Waals surface area contributed by atoms with Crippen LogP contribution in [0.5, 0.6) is 0 Å². The summed E-state index contributed by atoms with van der Waals surface area (Å²) in [5.41, 5.74) is 4.13. The molecule has 4 heteroatoms. The van der Waals surface area contributed by atoms with E-state index in [0.717, 1.165) is 11.1 Å². The van der Waals surface area contributed by atoms with E-state index in [1.165, 1.54) is 0 Å². The SMILES string of the molecule is Cc1ccc(C(=O)Nc2cccc(NC(=O)CCc3ccccc3)c2)cc1. The molecule has 136 valence electrons. The topological polar surface area (TPSA) is 58.2 Å². The van der Waals surface area contributed by atoms with E-state index in [2.05, 4.69) is 10.6 Å². The van der Waals surface area contributed by atoms with Gasteiger partial charge in [-0.2, -0.15) is 0 Å². The Morgan fingerprint density at radius 3 is 2.15 bits per heavy atom. The highest BCUT2D eigenvalue weighted by Gasteiger charge is 2.07. The summed E-state index contributed by atoms with van der Waals surface area (Å²) >= 11 is 0. The molecular weight excluding hydrogens is 336 g/mol. The van der Waals surface area contributed by atoms with E-state index in [1.807, 2.05) is 55.5 Å². The first-order valence-corrected chi connectivity index (χ1v) is 8.92. The van der Waals surface area contributed by atoms with Crippen molar-refractivity contribution in [2.24, 2.45) is 0 Å². The van der Waals surface area contributed by atoms with Gasteiger partial charge in [-0.05, 0) is 49.2 Å². The number of amides is 2. The van der Waals surface area contributed by atoms with Gasteiger partial charge in [-0.3, -0.25) is 9.59 Å². The number of anilines is 2. The molecule has 3 aromatic carbocycles. The first kappa shape index (κ1) is 18.4. The summed E-state index contributed by atoms with van der Waals surface area (Å²) in [5.74, 6) is -0.233. The molecule has 0 atom stereocenters. The molecule has 0 spiro atoms. The fourth-order valence-corrected chi connectivity index (χ4v) is 2.71. The molecular formula is C23H22N2O2. The van der Waals surface area contributed by atoms with Gasteiger partial charge in [-0.25, -0.2) is 0 Å². The highest BCUT2D eigenvalue weighted by molar-refractivity contribution is 6.04. The first-order valence-electron chi connectivity index (χ1n) is 8.92. The summed E-state index contributed by atoms with van der Waals surface area (Å²) in [6.45, 7) is 1.98. The molecule has 0 bridgehead atoms. The highest BCUT2D eigenvalue weighted by atomic mass is 16.2. The van der Waals surface area contributed by atoms with Gasteiger partial charge >= 0.3 is 0 Å². The Hall–Kier alpha value is -3.40. The minimum absolute atomic E-state index is 0.0548. The molecule has 3 aromatic rings. The second-order valence-corrected chi connectivity index (χ2v) is 6.43. The Morgan fingerprint density at radius 2 is 1.44 bits per heavy atom. The lowest BCUT2D eigenvalue weighted by molar-refractivity contribution is -0.116. The Bertz CT molecular complexity index is 919. The molecule has 27 heavy (non-hydrogen) atoms. The van der Waals surface area contributed by atoms with Crippen LogP contribution in [0.3, 0.4) is 0 Å². The van der Waals surface area contributed by atoms with Gasteiger partial charge in [0.25, 0.3) is 5.91 Å². The van der Waals surface area contributed by atoms with Crippen LogP contribution in [0.4, 0.5) is 11.4 Å². The van der Waals surface area contributed by atoms with Crippen LogP contribution in [0.2, 0.25) is 0 Å². The number of hydrogen-bond acceptors (Lipinski definition) is 2. The second-order valence-electron chi connectivity index (χ2n) is 6.43. The van der Waals surface area contributed by atoms with Crippen molar-refractivity contribution in [2.75, 3.05) is 10.6 Å². The van der Waals surface area contributed by atoms with E-state index in [9.17, 15) is 9.59 Å². The minimum atomic E-state index is -0.178. The lowest BCUT2D eigenvalue weighted by atomic mass is 10.1. The number of benzene rings is 3. The zero-order valence-corrected chi connectivity index (χ0v) is 15.2. The molecule has 0 aromatic heterocycles. The number of nitrogens with one attached hydrogen (secondary N) is 2. The van der Waals surface area contributed by atoms with Crippen LogP contribution in [-0.2, 0) is 11.2 Å². The number of carbonyl (C=O) groups is 2. The summed E-state index contributed by atoms with van der Waals surface area (Å²) in [6.07, 6.45) is 1.10. The van der Waals surface area contributed by atoms with Gasteiger partial charge in [-0.1, -0.05) is 54.1 Å². The Labute approximate surface area is 159 Å². The van der Waals surface area contributed by atoms with Gasteiger partial charge in [0.15, 0.2) is 0 Å². The van der Waals surface area contributed by atoms with E-state index in [0.29, 0.717) is 29.8 Å². The number of rotatable bonds is 6. The molecule has 3 rings (SSSR count). The van der Waals surface area contributed by atoms with E-state index in [-0.39, 0.29) is 11.8 Å². The van der Waals surface area contributed by atoms with Crippen LogP contribution >= 0.6 is 0 Å². The molecule has 0 aliphatic carbocycles. The van der Waals surface area contributed by atoms with Crippen molar-refractivity contribution >= 4 is 23.2 Å². The van der Waals surface area contributed by atoms with Crippen molar-refractivity contribution in [1.29, 1.82) is 0 Å². The summed E-state index contributed by atoms with van der Waals surface area (Å²) < 4.78 is 0. The van der Waals surface area contributed by atoms with Crippen LogP contribution in [0, 0.1) is 6.92 Å². The molecule has 0 unspecified atom stereocenters. The normalized spacial score (nSPS) is 10.3. The summed E-state index contributed by atoms with van der Waals surface area (Å²) in [4.78, 5) is 24.5. The average molecular weight is 358 g/mol. The van der Waals surface area contributed by atoms with Gasteiger partial charge in [0.05, 0.1) is 0 Å². The molecule has 0 radical (unpaired) electrons. The Balaban J connectivity index is 1.57. The maximum Gasteiger partial charge on any atom is 0.255 e. The zero-order chi connectivity index (χ0) is 19.1. The molecule has 2 N–H and O–H groups in total. The van der Waals surface area contributed by atoms with Crippen LogP contribution in [0.25, 0.3) is 0 Å². The van der Waals surface area contributed by atoms with Gasteiger partial charge in [0, 0.05) is 23.4 Å². The zero-order valence-electron chi connectivity index (χ0n) is 15.2. The predicted molar refractivity (Wildman–Crippen MR) is 109 cm³/mol. The fourth-order valence-electron chi connectivity index (χ4n) is 2.71. The first-order chi connectivity index (χ1) is 13.1. The molecule has 4 nitrogen and oxygen atoms in total. The molecule has 0 heterocycles. The summed E-state index contributed by atoms with van der Waals surface area (Å²) in [7, 11) is 0. The maximum atomic E-state index is 12.3. The van der Waals surface area contributed by atoms with Gasteiger partial charge in [0.2, 0.25) is 5.91 Å². The quantitative estimate of drug-likeness (QED) is 0.664. The number of carbonyl (C=O) groups excluding carboxylic acids is 2. The van der Waals surface area contributed by atoms with Crippen molar-refractivity contribution in [3.63, 3.8) is 0 Å². The van der Waals surface area contributed by atoms with Gasteiger partial charge in [-0.15, -0.1) is 0 Å². The van der Waals surface area contributed by atoms with E-state index < -0.39 is 0 Å². The summed E-state index contributed by atoms with van der Waals surface area (Å²) in [6, 6.07) is 24.5. The fraction of sp³-hybridized carbons (Fsp3) is 0.130. The molecule has 0 aliphatic rings. The third-order valence-corrected chi connectivity index (χ3v) is 4.20. The van der Waals surface area contributed by atoms with E-state index >= 15 is 0 Å². The van der Waals surface area contributed by atoms with Crippen molar-refractivity contribution < 1.29 is 9.59 Å². The number of aryl methyl sites for hydroxylation is 2. The lowest BCUT2D eigenvalue weighted by Crippen LogP contribution is -2.14. The van der Waals surface area contributed by atoms with Crippen LogP contribution in [0.1, 0.15) is 27.9 Å². The minimum Gasteiger partial charge on any atom is -0.326 e. The highest BCUT2D eigenvalue weighted by Crippen LogP contribution is 2.17. The predicted octanol–water partition coefficient (Wildman–Crippen LogP) is 4.82. The average Bonchev–Trinajstić information content (AvgIpc) is 2.68. The summed E-state index contributed by atoms with van der Waals surface area (Å²) in [5, 5.41) is 5.74. The largest absolute Gasteiger partial charge is 0.326 e. The Kier molecular flexibility index (Phi) is 6.00.